The van der Waals surface area contributed by atoms with E-state index in [0.29, 0.717) is 42.9 Å². The third-order valence-electron chi connectivity index (χ3n) is 5.75. The Balaban J connectivity index is 0.000000240. The molecule has 2 aromatic heterocycles. The number of hydrogen-bond donors (Lipinski definition) is 8. The molecule has 0 spiro atoms. The number of nitrogens with one attached hydrogen (secondary N) is 3. The van der Waals surface area contributed by atoms with Gasteiger partial charge in [0.15, 0.2) is 28.7 Å². The average Bonchev–Trinajstić information content (AvgIpc) is 3.01. The number of amides is 2. The van der Waals surface area contributed by atoms with Gasteiger partial charge < -0.3 is 41.2 Å². The molecule has 44 heavy (non-hydrogen) atoms. The van der Waals surface area contributed by atoms with Crippen molar-refractivity contribution in [3.8, 4) is 28.7 Å². The normalized spacial score (nSPS) is 10.7. The minimum absolute atomic E-state index is 0.00660. The first-order chi connectivity index (χ1) is 21.1. The Morgan fingerprint density at radius 3 is 1.70 bits per heavy atom. The van der Waals surface area contributed by atoms with Crippen molar-refractivity contribution >= 4 is 24.0 Å². The SMILES string of the molecule is O=C(/C=C/c1ccc(O)c(O)c1)NCCc1ccc(=O)[nH]c1.O=C(/C=C/c1ccc(O)c(O)c1)NCCc1ncc(O)cn1. The number of rotatable bonds is 10. The van der Waals surface area contributed by atoms with Crippen LogP contribution in [0.2, 0.25) is 0 Å². The summed E-state index contributed by atoms with van der Waals surface area (Å²) in [5, 5.41) is 51.5. The van der Waals surface area contributed by atoms with Gasteiger partial charge >= 0.3 is 0 Å². The number of pyridine rings is 1. The molecule has 0 saturated carbocycles. The van der Waals surface area contributed by atoms with Crippen LogP contribution < -0.4 is 16.2 Å². The lowest BCUT2D eigenvalue weighted by Crippen LogP contribution is -2.24. The van der Waals surface area contributed by atoms with Gasteiger partial charge in [-0.15, -0.1) is 0 Å². The standard InChI is InChI=1S/C16H16N2O4.C15H15N3O4/c19-13-4-1-11(9-14(13)20)2-5-15(21)17-8-7-12-3-6-16(22)18-10-12;19-11-8-17-14(18-9-11)5-6-16-15(22)4-2-10-1-3-12(20)13(21)7-10/h1-6,9-10,19-20H,7-8H2,(H,17,21)(H,18,22);1-4,7-9,19-21H,5-6H2,(H,16,22)/b5-2+;4-2+. The molecule has 0 aliphatic heterocycles. The summed E-state index contributed by atoms with van der Waals surface area (Å²) < 4.78 is 0. The first kappa shape index (κ1) is 32.4. The quantitative estimate of drug-likeness (QED) is 0.0978. The predicted molar refractivity (Wildman–Crippen MR) is 162 cm³/mol. The van der Waals surface area contributed by atoms with Gasteiger partial charge in [0.25, 0.3) is 0 Å². The Bertz CT molecular complexity index is 1660. The van der Waals surface area contributed by atoms with E-state index in [1.165, 1.54) is 67.0 Å². The third-order valence-corrected chi connectivity index (χ3v) is 5.75. The zero-order valence-electron chi connectivity index (χ0n) is 23.3. The molecule has 0 atom stereocenters. The summed E-state index contributed by atoms with van der Waals surface area (Å²) in [6.07, 6.45) is 11.0. The van der Waals surface area contributed by atoms with E-state index in [1.807, 2.05) is 0 Å². The Labute approximate surface area is 251 Å². The summed E-state index contributed by atoms with van der Waals surface area (Å²) in [5.41, 5.74) is 1.96. The van der Waals surface area contributed by atoms with Crippen LogP contribution in [0.5, 0.6) is 28.7 Å². The smallest absolute Gasteiger partial charge is 0.247 e. The zero-order chi connectivity index (χ0) is 31.9. The Morgan fingerprint density at radius 2 is 1.23 bits per heavy atom. The van der Waals surface area contributed by atoms with E-state index in [-0.39, 0.29) is 46.1 Å². The summed E-state index contributed by atoms with van der Waals surface area (Å²) in [7, 11) is 0. The number of H-pyrrole nitrogens is 1. The highest BCUT2D eigenvalue weighted by molar-refractivity contribution is 5.92. The molecule has 4 rings (SSSR count). The third kappa shape index (κ3) is 11.4. The van der Waals surface area contributed by atoms with Crippen LogP contribution in [0, 0.1) is 0 Å². The summed E-state index contributed by atoms with van der Waals surface area (Å²) in [6.45, 7) is 0.796. The molecule has 2 heterocycles. The number of nitrogens with zero attached hydrogens (tertiary/aromatic N) is 2. The van der Waals surface area contributed by atoms with E-state index >= 15 is 0 Å². The Hall–Kier alpha value is -6.11. The molecule has 0 fully saturated rings. The van der Waals surface area contributed by atoms with Crippen LogP contribution in [0.4, 0.5) is 0 Å². The minimum atomic E-state index is -0.300. The van der Waals surface area contributed by atoms with Crippen molar-refractivity contribution in [3.05, 3.63) is 112 Å². The fourth-order valence-corrected chi connectivity index (χ4v) is 3.45. The van der Waals surface area contributed by atoms with E-state index in [9.17, 15) is 34.8 Å². The van der Waals surface area contributed by atoms with Gasteiger partial charge in [0.05, 0.1) is 12.4 Å². The topological polar surface area (TPSA) is 218 Å². The molecule has 0 unspecified atom stereocenters. The van der Waals surface area contributed by atoms with E-state index in [2.05, 4.69) is 25.6 Å². The van der Waals surface area contributed by atoms with Crippen molar-refractivity contribution in [2.75, 3.05) is 13.1 Å². The second-order valence-corrected chi connectivity index (χ2v) is 9.16. The lowest BCUT2D eigenvalue weighted by molar-refractivity contribution is -0.117. The van der Waals surface area contributed by atoms with Crippen LogP contribution >= 0.6 is 0 Å². The molecule has 0 aliphatic carbocycles. The van der Waals surface area contributed by atoms with Gasteiger partial charge in [-0.2, -0.15) is 0 Å². The number of aromatic amines is 1. The van der Waals surface area contributed by atoms with Gasteiger partial charge in [0.2, 0.25) is 17.4 Å². The van der Waals surface area contributed by atoms with Crippen LogP contribution in [-0.4, -0.2) is 65.4 Å². The van der Waals surface area contributed by atoms with Crippen molar-refractivity contribution in [3.63, 3.8) is 0 Å². The maximum Gasteiger partial charge on any atom is 0.247 e. The second-order valence-electron chi connectivity index (χ2n) is 9.16. The molecule has 4 aromatic rings. The van der Waals surface area contributed by atoms with Crippen LogP contribution in [0.1, 0.15) is 22.5 Å². The van der Waals surface area contributed by atoms with Crippen LogP contribution in [-0.2, 0) is 22.4 Å². The molecular formula is C31H31N5O8. The number of aromatic nitrogens is 3. The Kier molecular flexibility index (Phi) is 12.1. The van der Waals surface area contributed by atoms with E-state index in [4.69, 9.17) is 5.11 Å². The molecule has 13 nitrogen and oxygen atoms in total. The van der Waals surface area contributed by atoms with Gasteiger partial charge in [-0.25, -0.2) is 9.97 Å². The maximum atomic E-state index is 11.6. The van der Waals surface area contributed by atoms with E-state index in [0.717, 1.165) is 5.56 Å². The largest absolute Gasteiger partial charge is 0.505 e. The molecule has 0 bridgehead atoms. The molecular weight excluding hydrogens is 570 g/mol. The lowest BCUT2D eigenvalue weighted by Gasteiger charge is -2.02. The van der Waals surface area contributed by atoms with Crippen molar-refractivity contribution in [1.29, 1.82) is 0 Å². The van der Waals surface area contributed by atoms with E-state index in [1.54, 1.807) is 24.4 Å². The fraction of sp³-hybridized carbons (Fsp3) is 0.129. The monoisotopic (exact) mass is 601 g/mol. The second kappa shape index (κ2) is 16.4. The molecule has 228 valence electrons. The average molecular weight is 602 g/mol. The van der Waals surface area contributed by atoms with Crippen molar-refractivity contribution in [1.82, 2.24) is 25.6 Å². The molecule has 0 radical (unpaired) electrons. The summed E-state index contributed by atoms with van der Waals surface area (Å²) in [6, 6.07) is 11.7. The number of phenols is 4. The molecule has 0 saturated heterocycles. The molecule has 2 amide bonds. The van der Waals surface area contributed by atoms with Crippen molar-refractivity contribution in [2.45, 2.75) is 12.8 Å². The number of carbonyl (C=O) groups excluding carboxylic acids is 2. The summed E-state index contributed by atoms with van der Waals surface area (Å²) >= 11 is 0. The Morgan fingerprint density at radius 1 is 0.705 bits per heavy atom. The van der Waals surface area contributed by atoms with Crippen molar-refractivity contribution in [2.24, 2.45) is 0 Å². The number of hydrogen-bond acceptors (Lipinski definition) is 10. The number of benzene rings is 2. The highest BCUT2D eigenvalue weighted by Crippen LogP contribution is 2.26. The predicted octanol–water partition coefficient (Wildman–Crippen LogP) is 2.12. The number of phenolic OH excluding ortho intramolecular Hbond substituents is 4. The summed E-state index contributed by atoms with van der Waals surface area (Å²) in [4.78, 5) is 44.5. The summed E-state index contributed by atoms with van der Waals surface area (Å²) in [5.74, 6) is -0.951. The molecule has 2 aromatic carbocycles. The van der Waals surface area contributed by atoms with Crippen LogP contribution in [0.3, 0.4) is 0 Å². The van der Waals surface area contributed by atoms with Gasteiger partial charge in [-0.1, -0.05) is 18.2 Å². The van der Waals surface area contributed by atoms with Gasteiger partial charge in [-0.3, -0.25) is 14.4 Å². The van der Waals surface area contributed by atoms with Crippen molar-refractivity contribution < 1.29 is 35.1 Å². The zero-order valence-corrected chi connectivity index (χ0v) is 23.3. The molecule has 8 N–H and O–H groups in total. The lowest BCUT2D eigenvalue weighted by atomic mass is 10.2. The highest BCUT2D eigenvalue weighted by Gasteiger charge is 2.02. The maximum absolute atomic E-state index is 11.6. The number of carbonyl (C=O) groups is 2. The highest BCUT2D eigenvalue weighted by atomic mass is 16.3. The number of aromatic hydroxyl groups is 5. The van der Waals surface area contributed by atoms with Gasteiger partial charge in [0, 0.05) is 43.9 Å². The van der Waals surface area contributed by atoms with Crippen LogP contribution in [0.15, 0.2) is 84.1 Å². The van der Waals surface area contributed by atoms with Gasteiger partial charge in [0.1, 0.15) is 5.82 Å². The molecule has 13 heteroatoms. The first-order valence-electron chi connectivity index (χ1n) is 13.2. The van der Waals surface area contributed by atoms with Gasteiger partial charge in [-0.05, 0) is 59.5 Å². The van der Waals surface area contributed by atoms with Crippen LogP contribution in [0.25, 0.3) is 12.2 Å². The van der Waals surface area contributed by atoms with E-state index < -0.39 is 0 Å². The molecule has 0 aliphatic rings. The minimum Gasteiger partial charge on any atom is -0.505 e. The first-order valence-corrected chi connectivity index (χ1v) is 13.2. The fourth-order valence-electron chi connectivity index (χ4n) is 3.45.